The Labute approximate surface area is 463 Å². The number of thiophene rings is 1. The van der Waals surface area contributed by atoms with Gasteiger partial charge in [-0.05, 0) is 177 Å². The van der Waals surface area contributed by atoms with Gasteiger partial charge >= 0.3 is 6.85 Å². The van der Waals surface area contributed by atoms with Gasteiger partial charge in [-0.2, -0.15) is 0 Å². The summed E-state index contributed by atoms with van der Waals surface area (Å²) in [6, 6.07) is 61.9. The minimum Gasteiger partial charge on any atom is -0.376 e. The van der Waals surface area contributed by atoms with E-state index in [1.807, 2.05) is 11.3 Å². The number of fused-ring (bicyclic) bond motifs is 11. The number of anilines is 7. The summed E-state index contributed by atoms with van der Waals surface area (Å²) in [4.78, 5) is 8.29. The number of hydrogen-bond acceptors (Lipinski definition) is 4. The monoisotopic (exact) mass is 1020 g/mol. The van der Waals surface area contributed by atoms with E-state index in [2.05, 4.69) is 255 Å². The minimum atomic E-state index is -0.148. The van der Waals surface area contributed by atoms with Crippen molar-refractivity contribution in [3.63, 3.8) is 0 Å². The fourth-order valence-corrected chi connectivity index (χ4v) is 16.3. The van der Waals surface area contributed by atoms with E-state index in [9.17, 15) is 0 Å². The molecule has 0 bridgehead atoms. The first-order valence-electron chi connectivity index (χ1n) is 28.8. The highest BCUT2D eigenvalue weighted by Gasteiger charge is 2.62. The Morgan fingerprint density at radius 3 is 1.73 bits per heavy atom. The molecule has 1 saturated carbocycles. The predicted octanol–water partition coefficient (Wildman–Crippen LogP) is 19.1. The maximum absolute atomic E-state index is 2.92. The van der Waals surface area contributed by atoms with Crippen molar-refractivity contribution < 1.29 is 0 Å². The Balaban J connectivity index is 1.16. The molecular weight excluding hydrogens is 950 g/mol. The topological polar surface area (TPSA) is 9.72 Å². The average molecular weight is 1020 g/mol. The summed E-state index contributed by atoms with van der Waals surface area (Å²) in [6.07, 6.45) is 7.17. The summed E-state index contributed by atoms with van der Waals surface area (Å²) in [5.74, 6) is 0. The van der Waals surface area contributed by atoms with E-state index in [4.69, 9.17) is 0 Å². The molecule has 4 heterocycles. The molecule has 2 atom stereocenters. The maximum Gasteiger partial charge on any atom is 0.333 e. The molecule has 77 heavy (non-hydrogen) atoms. The molecule has 0 N–H and O–H groups in total. The van der Waals surface area contributed by atoms with E-state index in [1.54, 1.807) is 0 Å². The van der Waals surface area contributed by atoms with Gasteiger partial charge in [0.05, 0.1) is 5.54 Å². The summed E-state index contributed by atoms with van der Waals surface area (Å²) in [7, 11) is 0. The quantitative estimate of drug-likeness (QED) is 0.159. The Morgan fingerprint density at radius 1 is 0.481 bits per heavy atom. The van der Waals surface area contributed by atoms with Crippen molar-refractivity contribution in [1.29, 1.82) is 0 Å². The lowest BCUT2D eigenvalue weighted by molar-refractivity contribution is 0.195. The van der Waals surface area contributed by atoms with Gasteiger partial charge in [-0.3, -0.25) is 0 Å². The predicted molar refractivity (Wildman–Crippen MR) is 334 cm³/mol. The summed E-state index contributed by atoms with van der Waals surface area (Å²) < 4.78 is 2.74. The smallest absolute Gasteiger partial charge is 0.333 e. The van der Waals surface area contributed by atoms with E-state index in [0.29, 0.717) is 0 Å². The number of para-hydroxylation sites is 2. The summed E-state index contributed by atoms with van der Waals surface area (Å²) >= 11 is 1.99. The zero-order chi connectivity index (χ0) is 53.3. The Hall–Kier alpha value is -6.56. The van der Waals surface area contributed by atoms with Crippen LogP contribution in [0.1, 0.15) is 149 Å². The molecular formula is C72H74BN3S. The zero-order valence-electron chi connectivity index (χ0n) is 47.6. The highest BCUT2D eigenvalue weighted by molar-refractivity contribution is 7.25. The normalized spacial score (nSPS) is 20.6. The van der Waals surface area contributed by atoms with E-state index in [-0.39, 0.29) is 39.5 Å². The van der Waals surface area contributed by atoms with Crippen LogP contribution in [0.15, 0.2) is 158 Å². The molecule has 3 nitrogen and oxygen atoms in total. The first kappa shape index (κ1) is 48.8. The van der Waals surface area contributed by atoms with Crippen LogP contribution < -0.4 is 25.5 Å². The Bertz CT molecular complexity index is 3850. The van der Waals surface area contributed by atoms with Gasteiger partial charge in [-0.25, -0.2) is 0 Å². The van der Waals surface area contributed by atoms with Crippen molar-refractivity contribution >= 4 is 89.1 Å². The first-order valence-corrected chi connectivity index (χ1v) is 29.6. The molecule has 1 aromatic heterocycles. The lowest BCUT2D eigenvalue weighted by Crippen LogP contribution is -2.64. The van der Waals surface area contributed by atoms with Crippen molar-refractivity contribution in [2.75, 3.05) is 14.6 Å². The fraction of sp³-hybridized carbons (Fsp3) is 0.333. The molecule has 1 fully saturated rings. The Morgan fingerprint density at radius 2 is 1.08 bits per heavy atom. The summed E-state index contributed by atoms with van der Waals surface area (Å²) in [5.41, 5.74) is 24.1. The van der Waals surface area contributed by atoms with Gasteiger partial charge in [-0.15, -0.1) is 11.3 Å². The fourth-order valence-electron chi connectivity index (χ4n) is 15.1. The second-order valence-corrected chi connectivity index (χ2v) is 28.6. The van der Waals surface area contributed by atoms with Gasteiger partial charge in [-0.1, -0.05) is 174 Å². The van der Waals surface area contributed by atoms with Gasteiger partial charge < -0.3 is 14.6 Å². The zero-order valence-corrected chi connectivity index (χ0v) is 48.4. The summed E-state index contributed by atoms with van der Waals surface area (Å²) in [6.45, 7) is 29.4. The minimum absolute atomic E-state index is 0.0426. The number of nitrogens with zero attached hydrogens (tertiary/aromatic N) is 3. The number of rotatable bonds is 5. The molecule has 0 spiro atoms. The van der Waals surface area contributed by atoms with Gasteiger partial charge in [0.25, 0.3) is 0 Å². The van der Waals surface area contributed by atoms with Crippen LogP contribution in [0.4, 0.5) is 39.8 Å². The largest absolute Gasteiger partial charge is 0.376 e. The molecule has 0 radical (unpaired) electrons. The van der Waals surface area contributed by atoms with Crippen LogP contribution in [0, 0.1) is 0 Å². The SMILES string of the molecule is CC(C)(C)c1ccc(N2B3c4cc(C(C)(C)C)cc5c4N(c4cc(N(c6ccccc6)c6ccccc6)cc(c43)-c3cc4sc6cc7c(cc6c4cc32)C(C)(C)CCC7(C)C)C2(C)CCCCC52C)c(-c2ccccc2)c1. The third-order valence-corrected chi connectivity index (χ3v) is 21.0. The first-order chi connectivity index (χ1) is 36.7. The standard InChI is InChI=1S/C72H74BN3S/c1-67(2,3)46-30-31-60(51(36-46)45-24-16-13-17-25-45)76-61-42-54-53-41-56-57(70(9,10)35-34-69(56,7)8)44-64(53)77-63(54)43-52(61)55-39-50(74(48-26-18-14-19-27-48)49-28-20-15-21-29-49)40-62-65(55)73(76)59-38-47(68(4,5)6)37-58-66(59)75(62)72(12)33-23-22-32-71(58,72)11/h13-21,24-31,36-44H,22-23,32-35H2,1-12H3. The van der Waals surface area contributed by atoms with Gasteiger partial charge in [0.2, 0.25) is 0 Å². The molecule has 2 unspecified atom stereocenters. The number of hydrogen-bond donors (Lipinski definition) is 0. The van der Waals surface area contributed by atoms with Gasteiger partial charge in [0, 0.05) is 76.5 Å². The van der Waals surface area contributed by atoms with Crippen LogP contribution in [0.3, 0.4) is 0 Å². The van der Waals surface area contributed by atoms with Crippen LogP contribution in [-0.2, 0) is 27.1 Å². The highest BCUT2D eigenvalue weighted by Crippen LogP contribution is 2.64. The third kappa shape index (κ3) is 7.07. The van der Waals surface area contributed by atoms with E-state index < -0.39 is 0 Å². The molecule has 0 amide bonds. The summed E-state index contributed by atoms with van der Waals surface area (Å²) in [5, 5.41) is 2.74. The molecule has 9 aromatic rings. The molecule has 5 aliphatic rings. The van der Waals surface area contributed by atoms with E-state index in [0.717, 1.165) is 17.8 Å². The van der Waals surface area contributed by atoms with Gasteiger partial charge in [0.15, 0.2) is 0 Å². The van der Waals surface area contributed by atoms with Crippen LogP contribution >= 0.6 is 11.3 Å². The molecule has 0 saturated heterocycles. The number of benzene rings is 8. The van der Waals surface area contributed by atoms with Crippen LogP contribution in [0.25, 0.3) is 42.4 Å². The molecule has 2 aliphatic carbocycles. The van der Waals surface area contributed by atoms with Crippen LogP contribution in [0.2, 0.25) is 0 Å². The van der Waals surface area contributed by atoms with E-state index >= 15 is 0 Å². The van der Waals surface area contributed by atoms with Crippen molar-refractivity contribution in [1.82, 2.24) is 0 Å². The second kappa shape index (κ2) is 16.5. The molecule has 5 heteroatoms. The van der Waals surface area contributed by atoms with Crippen molar-refractivity contribution in [3.05, 3.63) is 186 Å². The maximum atomic E-state index is 2.92. The Kier molecular flexibility index (Phi) is 10.5. The molecule has 386 valence electrons. The van der Waals surface area contributed by atoms with Crippen molar-refractivity contribution in [3.8, 4) is 22.3 Å². The molecule has 8 aromatic carbocycles. The average Bonchev–Trinajstić information content (AvgIpc) is 3.83. The van der Waals surface area contributed by atoms with Gasteiger partial charge in [0.1, 0.15) is 0 Å². The lowest BCUT2D eigenvalue weighted by Gasteiger charge is -2.53. The van der Waals surface area contributed by atoms with Crippen LogP contribution in [-0.4, -0.2) is 12.4 Å². The third-order valence-electron chi connectivity index (χ3n) is 19.9. The lowest BCUT2D eigenvalue weighted by atomic mass is 9.43. The van der Waals surface area contributed by atoms with E-state index in [1.165, 1.54) is 142 Å². The van der Waals surface area contributed by atoms with Crippen molar-refractivity contribution in [2.24, 2.45) is 0 Å². The highest BCUT2D eigenvalue weighted by atomic mass is 32.1. The van der Waals surface area contributed by atoms with Crippen molar-refractivity contribution in [2.45, 2.75) is 154 Å². The second-order valence-electron chi connectivity index (χ2n) is 27.5. The molecule has 3 aliphatic heterocycles. The van der Waals surface area contributed by atoms with Crippen LogP contribution in [0.5, 0.6) is 0 Å². The molecule has 14 rings (SSSR count).